The Labute approximate surface area is 92.6 Å². The third kappa shape index (κ3) is 1.77. The number of nitrogens with zero attached hydrogens (tertiary/aromatic N) is 4. The quantitative estimate of drug-likeness (QED) is 0.609. The Hall–Kier alpha value is -2.22. The number of nitro groups is 1. The Morgan fingerprint density at radius 2 is 2.19 bits per heavy atom. The van der Waals surface area contributed by atoms with Crippen LogP contribution >= 0.6 is 11.6 Å². The second kappa shape index (κ2) is 3.74. The van der Waals surface area contributed by atoms with Gasteiger partial charge < -0.3 is 0 Å². The highest BCUT2D eigenvalue weighted by Gasteiger charge is 2.12. The molecule has 8 nitrogen and oxygen atoms in total. The molecule has 0 bridgehead atoms. The number of hydrogen-bond donors (Lipinski definition) is 1. The van der Waals surface area contributed by atoms with Crippen LogP contribution in [0.4, 0.5) is 5.69 Å². The van der Waals surface area contributed by atoms with Crippen molar-refractivity contribution in [2.24, 2.45) is 0 Å². The summed E-state index contributed by atoms with van der Waals surface area (Å²) in [4.78, 5) is 21.1. The van der Waals surface area contributed by atoms with Crippen LogP contribution in [0.1, 0.15) is 0 Å². The van der Waals surface area contributed by atoms with E-state index in [9.17, 15) is 14.9 Å². The van der Waals surface area contributed by atoms with Crippen LogP contribution in [-0.4, -0.2) is 25.1 Å². The fourth-order valence-electron chi connectivity index (χ4n) is 1.15. The van der Waals surface area contributed by atoms with E-state index < -0.39 is 10.6 Å². The average Bonchev–Trinajstić information content (AvgIpc) is 2.63. The standard InChI is InChI=1S/C7H4ClN5O3/c8-4-1-5(3-6(2-4)13(15)16)12-7(14)9-10-11-12/h1-3H,(H,9,11,14). The number of tetrazole rings is 1. The van der Waals surface area contributed by atoms with Gasteiger partial charge >= 0.3 is 5.69 Å². The summed E-state index contributed by atoms with van der Waals surface area (Å²) < 4.78 is 0.874. The number of H-pyrrole nitrogens is 1. The number of benzene rings is 1. The lowest BCUT2D eigenvalue weighted by Gasteiger charge is -1.99. The lowest BCUT2D eigenvalue weighted by Crippen LogP contribution is -2.16. The van der Waals surface area contributed by atoms with Crippen LogP contribution in [0.15, 0.2) is 23.0 Å². The van der Waals surface area contributed by atoms with Gasteiger partial charge in [0.25, 0.3) is 5.69 Å². The van der Waals surface area contributed by atoms with Crippen molar-refractivity contribution in [3.8, 4) is 5.69 Å². The van der Waals surface area contributed by atoms with Crippen molar-refractivity contribution in [1.29, 1.82) is 0 Å². The molecule has 0 unspecified atom stereocenters. The van der Waals surface area contributed by atoms with Crippen LogP contribution in [0.2, 0.25) is 5.02 Å². The van der Waals surface area contributed by atoms with E-state index in [0.29, 0.717) is 0 Å². The zero-order valence-corrected chi connectivity index (χ0v) is 8.38. The number of rotatable bonds is 2. The van der Waals surface area contributed by atoms with Gasteiger partial charge in [-0.2, -0.15) is 4.68 Å². The third-order valence-corrected chi connectivity index (χ3v) is 2.01. The molecule has 0 fully saturated rings. The van der Waals surface area contributed by atoms with E-state index in [1.165, 1.54) is 18.2 Å². The van der Waals surface area contributed by atoms with E-state index in [4.69, 9.17) is 11.6 Å². The Bertz CT molecular complexity index is 604. The largest absolute Gasteiger partial charge is 0.365 e. The van der Waals surface area contributed by atoms with Crippen molar-refractivity contribution in [2.75, 3.05) is 0 Å². The highest BCUT2D eigenvalue weighted by molar-refractivity contribution is 6.31. The Kier molecular flexibility index (Phi) is 2.41. The lowest BCUT2D eigenvalue weighted by atomic mass is 10.3. The van der Waals surface area contributed by atoms with Crippen molar-refractivity contribution < 1.29 is 4.92 Å². The van der Waals surface area contributed by atoms with Crippen molar-refractivity contribution >= 4 is 17.3 Å². The van der Waals surface area contributed by atoms with Gasteiger partial charge in [-0.1, -0.05) is 11.6 Å². The molecule has 0 spiro atoms. The normalized spacial score (nSPS) is 10.3. The molecule has 1 aromatic carbocycles. The molecule has 0 radical (unpaired) electrons. The summed E-state index contributed by atoms with van der Waals surface area (Å²) in [5.74, 6) is 0. The molecule has 82 valence electrons. The number of non-ortho nitro benzene ring substituents is 1. The van der Waals surface area contributed by atoms with Gasteiger partial charge in [0.2, 0.25) is 0 Å². The highest BCUT2D eigenvalue weighted by atomic mass is 35.5. The van der Waals surface area contributed by atoms with Gasteiger partial charge in [-0.3, -0.25) is 10.1 Å². The molecule has 0 atom stereocenters. The van der Waals surface area contributed by atoms with Gasteiger partial charge in [0.05, 0.1) is 10.6 Å². The van der Waals surface area contributed by atoms with Gasteiger partial charge in [-0.05, 0) is 16.5 Å². The number of nitro benzene ring substituents is 1. The van der Waals surface area contributed by atoms with E-state index in [0.717, 1.165) is 4.68 Å². The fraction of sp³-hybridized carbons (Fsp3) is 0. The molecule has 1 aromatic heterocycles. The first-order chi connectivity index (χ1) is 7.58. The summed E-state index contributed by atoms with van der Waals surface area (Å²) >= 11 is 5.69. The molecule has 0 amide bonds. The number of aromatic nitrogens is 4. The van der Waals surface area contributed by atoms with Gasteiger partial charge in [0.1, 0.15) is 0 Å². The predicted molar refractivity (Wildman–Crippen MR) is 53.6 cm³/mol. The second-order valence-electron chi connectivity index (χ2n) is 2.84. The first-order valence-corrected chi connectivity index (χ1v) is 4.41. The number of halogens is 1. The molecule has 0 saturated carbocycles. The van der Waals surface area contributed by atoms with Gasteiger partial charge in [-0.15, -0.1) is 0 Å². The molecule has 2 rings (SSSR count). The average molecular weight is 242 g/mol. The van der Waals surface area contributed by atoms with Crippen molar-refractivity contribution in [3.63, 3.8) is 0 Å². The molecule has 0 aliphatic carbocycles. The van der Waals surface area contributed by atoms with Gasteiger partial charge in [0.15, 0.2) is 0 Å². The van der Waals surface area contributed by atoms with E-state index >= 15 is 0 Å². The minimum absolute atomic E-state index is 0.138. The van der Waals surface area contributed by atoms with E-state index in [1.807, 2.05) is 0 Å². The fourth-order valence-corrected chi connectivity index (χ4v) is 1.38. The zero-order chi connectivity index (χ0) is 11.7. The summed E-state index contributed by atoms with van der Waals surface area (Å²) in [6.45, 7) is 0. The van der Waals surface area contributed by atoms with E-state index in [1.54, 1.807) is 0 Å². The second-order valence-corrected chi connectivity index (χ2v) is 3.28. The number of hydrogen-bond acceptors (Lipinski definition) is 5. The Morgan fingerprint density at radius 1 is 1.44 bits per heavy atom. The maximum Gasteiger partial charge on any atom is 0.365 e. The minimum atomic E-state index is -0.611. The van der Waals surface area contributed by atoms with Crippen LogP contribution in [0.5, 0.6) is 0 Å². The predicted octanol–water partition coefficient (Wildman–Crippen LogP) is 0.517. The summed E-state index contributed by atoms with van der Waals surface area (Å²) in [6, 6.07) is 3.73. The van der Waals surface area contributed by atoms with Crippen molar-refractivity contribution in [1.82, 2.24) is 20.2 Å². The SMILES string of the molecule is O=c1[nH]nnn1-c1cc(Cl)cc([N+](=O)[O-])c1. The smallest absolute Gasteiger partial charge is 0.258 e. The molecule has 0 saturated heterocycles. The molecule has 2 aromatic rings. The molecule has 9 heteroatoms. The number of nitrogens with one attached hydrogen (secondary N) is 1. The molecular formula is C7H4ClN5O3. The molecule has 0 aliphatic heterocycles. The first-order valence-electron chi connectivity index (χ1n) is 4.03. The molecule has 1 heterocycles. The van der Waals surface area contributed by atoms with Crippen LogP contribution in [0, 0.1) is 10.1 Å². The zero-order valence-electron chi connectivity index (χ0n) is 7.62. The Balaban J connectivity index is 2.62. The van der Waals surface area contributed by atoms with E-state index in [2.05, 4.69) is 15.5 Å². The van der Waals surface area contributed by atoms with Crippen LogP contribution in [0.3, 0.4) is 0 Å². The number of aromatic amines is 1. The van der Waals surface area contributed by atoms with Gasteiger partial charge in [0, 0.05) is 17.2 Å². The maximum atomic E-state index is 11.2. The molecule has 1 N–H and O–H groups in total. The maximum absolute atomic E-state index is 11.2. The molecular weight excluding hydrogens is 238 g/mol. The minimum Gasteiger partial charge on any atom is -0.258 e. The summed E-state index contributed by atoms with van der Waals surface area (Å²) in [5.41, 5.74) is -0.646. The first kappa shape index (κ1) is 10.3. The lowest BCUT2D eigenvalue weighted by molar-refractivity contribution is -0.384. The summed E-state index contributed by atoms with van der Waals surface area (Å²) in [5, 5.41) is 19.5. The highest BCUT2D eigenvalue weighted by Crippen LogP contribution is 2.21. The van der Waals surface area contributed by atoms with Crippen molar-refractivity contribution in [2.45, 2.75) is 0 Å². The topological polar surface area (TPSA) is 107 Å². The molecule has 0 aliphatic rings. The van der Waals surface area contributed by atoms with Crippen molar-refractivity contribution in [3.05, 3.63) is 43.8 Å². The van der Waals surface area contributed by atoms with E-state index in [-0.39, 0.29) is 16.4 Å². The van der Waals surface area contributed by atoms with Crippen LogP contribution < -0.4 is 5.69 Å². The van der Waals surface area contributed by atoms with Crippen LogP contribution in [-0.2, 0) is 0 Å². The summed E-state index contributed by atoms with van der Waals surface area (Å²) in [7, 11) is 0. The third-order valence-electron chi connectivity index (χ3n) is 1.79. The monoisotopic (exact) mass is 241 g/mol. The Morgan fingerprint density at radius 3 is 2.75 bits per heavy atom. The van der Waals surface area contributed by atoms with Gasteiger partial charge in [-0.25, -0.2) is 9.89 Å². The van der Waals surface area contributed by atoms with Crippen LogP contribution in [0.25, 0.3) is 5.69 Å². The summed E-state index contributed by atoms with van der Waals surface area (Å²) in [6.07, 6.45) is 0. The molecule has 16 heavy (non-hydrogen) atoms.